The van der Waals surface area contributed by atoms with E-state index in [1.165, 1.54) is 0 Å². The highest BCUT2D eigenvalue weighted by atomic mass is 32.2. The Bertz CT molecular complexity index is 116. The second kappa shape index (κ2) is 2.35. The summed E-state index contributed by atoms with van der Waals surface area (Å²) in [7, 11) is -1.35. The Labute approximate surface area is 51.6 Å². The van der Waals surface area contributed by atoms with E-state index in [1.54, 1.807) is 20.8 Å². The molecule has 0 aromatic heterocycles. The molecule has 0 bridgehead atoms. The van der Waals surface area contributed by atoms with Gasteiger partial charge >= 0.3 is 0 Å². The van der Waals surface area contributed by atoms with E-state index in [-0.39, 0.29) is 4.75 Å². The third-order valence-corrected chi connectivity index (χ3v) is 1.82. The van der Waals surface area contributed by atoms with Crippen LogP contribution in [0.1, 0.15) is 20.8 Å². The Hall–Kier alpha value is -0.250. The number of rotatable bonds is 1. The predicted octanol–water partition coefficient (Wildman–Crippen LogP) is 1.48. The zero-order chi connectivity index (χ0) is 6.78. The van der Waals surface area contributed by atoms with Crippen molar-refractivity contribution in [3.8, 4) is 0 Å². The van der Waals surface area contributed by atoms with Gasteiger partial charge in [0.2, 0.25) is 0 Å². The van der Waals surface area contributed by atoms with Crippen LogP contribution in [0.3, 0.4) is 0 Å². The normalized spacial score (nSPS) is 15.4. The molecule has 0 aliphatic carbocycles. The van der Waals surface area contributed by atoms with Crippen LogP contribution in [0.5, 0.6) is 0 Å². The van der Waals surface area contributed by atoms with Crippen LogP contribution in [-0.2, 0) is 11.0 Å². The van der Waals surface area contributed by atoms with Crippen LogP contribution >= 0.6 is 0 Å². The molecular weight excluding hydrogens is 124 g/mol. The maximum Gasteiger partial charge on any atom is 0.163 e. The molecule has 3 nitrogen and oxygen atoms in total. The highest BCUT2D eigenvalue weighted by Gasteiger charge is 2.18. The Balaban J connectivity index is 4.02. The lowest BCUT2D eigenvalue weighted by Gasteiger charge is -2.10. The lowest BCUT2D eigenvalue weighted by atomic mass is 10.3. The molecule has 0 aromatic carbocycles. The summed E-state index contributed by atoms with van der Waals surface area (Å²) < 4.78 is 13.1. The van der Waals surface area contributed by atoms with E-state index in [0.717, 1.165) is 0 Å². The van der Waals surface area contributed by atoms with E-state index in [2.05, 4.69) is 4.52 Å². The Morgan fingerprint density at radius 1 is 1.50 bits per heavy atom. The van der Waals surface area contributed by atoms with Crippen molar-refractivity contribution in [3.63, 3.8) is 0 Å². The fourth-order valence-electron chi connectivity index (χ4n) is 0.137. The van der Waals surface area contributed by atoms with Crippen molar-refractivity contribution < 1.29 is 4.21 Å². The predicted molar refractivity (Wildman–Crippen MR) is 33.0 cm³/mol. The van der Waals surface area contributed by atoms with Gasteiger partial charge in [0.15, 0.2) is 11.0 Å². The molecule has 0 aromatic rings. The van der Waals surface area contributed by atoms with E-state index < -0.39 is 11.0 Å². The maximum absolute atomic E-state index is 10.6. The molecule has 0 rings (SSSR count). The van der Waals surface area contributed by atoms with Crippen molar-refractivity contribution in [3.05, 3.63) is 0 Å². The topological polar surface area (TPSA) is 53.3 Å². The van der Waals surface area contributed by atoms with Gasteiger partial charge in [0.05, 0.1) is 4.75 Å². The van der Waals surface area contributed by atoms with Crippen LogP contribution in [0.2, 0.25) is 0 Å². The summed E-state index contributed by atoms with van der Waals surface area (Å²) in [5.74, 6) is 0. The van der Waals surface area contributed by atoms with E-state index in [4.69, 9.17) is 5.53 Å². The lowest BCUT2D eigenvalue weighted by Crippen LogP contribution is -2.18. The average Bonchev–Trinajstić information content (AvgIpc) is 1.62. The van der Waals surface area contributed by atoms with Gasteiger partial charge in [-0.25, -0.2) is 4.21 Å². The van der Waals surface area contributed by atoms with Crippen molar-refractivity contribution in [2.45, 2.75) is 25.5 Å². The molecule has 0 heterocycles. The largest absolute Gasteiger partial charge is 0.233 e. The highest BCUT2D eigenvalue weighted by Crippen LogP contribution is 2.10. The molecule has 0 spiro atoms. The van der Waals surface area contributed by atoms with Gasteiger partial charge < -0.3 is 0 Å². The summed E-state index contributed by atoms with van der Waals surface area (Å²) >= 11 is 0. The molecule has 0 saturated carbocycles. The molecule has 1 atom stereocenters. The molecular formula is C4H10N2OS. The first kappa shape index (κ1) is 7.75. The van der Waals surface area contributed by atoms with Crippen LogP contribution in [-0.4, -0.2) is 8.96 Å². The van der Waals surface area contributed by atoms with E-state index >= 15 is 0 Å². The van der Waals surface area contributed by atoms with Crippen molar-refractivity contribution in [1.29, 1.82) is 5.53 Å². The van der Waals surface area contributed by atoms with Gasteiger partial charge in [-0.05, 0) is 20.8 Å². The minimum absolute atomic E-state index is 0.373. The summed E-state index contributed by atoms with van der Waals surface area (Å²) in [4.78, 5) is 0. The van der Waals surface area contributed by atoms with Gasteiger partial charge in [0.1, 0.15) is 0 Å². The zero-order valence-electron chi connectivity index (χ0n) is 5.26. The van der Waals surface area contributed by atoms with E-state index in [1.807, 2.05) is 0 Å². The van der Waals surface area contributed by atoms with Crippen LogP contribution in [0.15, 0.2) is 4.52 Å². The smallest absolute Gasteiger partial charge is 0.163 e. The molecule has 0 amide bonds. The molecule has 0 saturated heterocycles. The van der Waals surface area contributed by atoms with Crippen LogP contribution in [0.25, 0.3) is 0 Å². The number of nitrogens with one attached hydrogen (secondary N) is 1. The van der Waals surface area contributed by atoms with Gasteiger partial charge in [-0.2, -0.15) is 5.53 Å². The Morgan fingerprint density at radius 2 is 1.88 bits per heavy atom. The van der Waals surface area contributed by atoms with Gasteiger partial charge in [-0.1, -0.05) is 4.52 Å². The minimum atomic E-state index is -1.35. The molecule has 0 fully saturated rings. The molecule has 0 aliphatic heterocycles. The highest BCUT2D eigenvalue weighted by molar-refractivity contribution is 7.84. The summed E-state index contributed by atoms with van der Waals surface area (Å²) in [6.45, 7) is 5.34. The quantitative estimate of drug-likeness (QED) is 0.542. The van der Waals surface area contributed by atoms with Gasteiger partial charge in [0, 0.05) is 0 Å². The summed E-state index contributed by atoms with van der Waals surface area (Å²) in [6, 6.07) is 0. The van der Waals surface area contributed by atoms with E-state index in [0.29, 0.717) is 0 Å². The van der Waals surface area contributed by atoms with Crippen LogP contribution in [0.4, 0.5) is 0 Å². The first-order valence-electron chi connectivity index (χ1n) is 2.28. The number of hydrogen-bond acceptors (Lipinski definition) is 2. The molecule has 1 N–H and O–H groups in total. The molecule has 48 valence electrons. The number of hydrogen-bond donors (Lipinski definition) is 1. The zero-order valence-corrected chi connectivity index (χ0v) is 6.08. The SMILES string of the molecule is CC(C)(C)[S@](=O)N=N. The summed E-state index contributed by atoms with van der Waals surface area (Å²) in [5, 5.41) is 0. The Kier molecular flexibility index (Phi) is 2.27. The second-order valence-electron chi connectivity index (χ2n) is 2.45. The van der Waals surface area contributed by atoms with Gasteiger partial charge in [0.25, 0.3) is 0 Å². The third-order valence-electron chi connectivity index (χ3n) is 0.607. The fraction of sp³-hybridized carbons (Fsp3) is 1.00. The van der Waals surface area contributed by atoms with Crippen molar-refractivity contribution in [2.75, 3.05) is 0 Å². The fourth-order valence-corrected chi connectivity index (χ4v) is 0.411. The summed E-state index contributed by atoms with van der Waals surface area (Å²) in [6.07, 6.45) is 0. The maximum atomic E-state index is 10.6. The second-order valence-corrected chi connectivity index (χ2v) is 4.36. The van der Waals surface area contributed by atoms with Gasteiger partial charge in [-0.15, -0.1) is 0 Å². The number of nitrogens with zero attached hydrogens (tertiary/aromatic N) is 1. The van der Waals surface area contributed by atoms with E-state index in [9.17, 15) is 4.21 Å². The van der Waals surface area contributed by atoms with Gasteiger partial charge in [-0.3, -0.25) is 0 Å². The lowest BCUT2D eigenvalue weighted by molar-refractivity contribution is 0.647. The van der Waals surface area contributed by atoms with Crippen molar-refractivity contribution in [2.24, 2.45) is 4.52 Å². The standard InChI is InChI=1S/C4H10N2OS/c1-4(2,3)8(7)6-5/h5H,1-3H3/t8-/m0/s1. The average molecular weight is 134 g/mol. The van der Waals surface area contributed by atoms with Crippen LogP contribution in [0, 0.1) is 5.53 Å². The minimum Gasteiger partial charge on any atom is -0.233 e. The molecule has 0 radical (unpaired) electrons. The Morgan fingerprint density at radius 3 is 1.88 bits per heavy atom. The molecule has 0 aliphatic rings. The third kappa shape index (κ3) is 2.16. The molecule has 4 heteroatoms. The molecule has 0 unspecified atom stereocenters. The first-order valence-corrected chi connectivity index (χ1v) is 3.38. The van der Waals surface area contributed by atoms with Crippen LogP contribution < -0.4 is 0 Å². The van der Waals surface area contributed by atoms with Crippen molar-refractivity contribution >= 4 is 11.0 Å². The monoisotopic (exact) mass is 134 g/mol. The van der Waals surface area contributed by atoms with Crippen molar-refractivity contribution in [1.82, 2.24) is 0 Å². The molecule has 8 heavy (non-hydrogen) atoms. The first-order chi connectivity index (χ1) is 3.48. The summed E-state index contributed by atoms with van der Waals surface area (Å²) in [5.41, 5.74) is 6.39.